The maximum Gasteiger partial charge on any atom is 0.261 e. The van der Waals surface area contributed by atoms with Crippen LogP contribution in [0, 0.1) is 0 Å². The van der Waals surface area contributed by atoms with Gasteiger partial charge in [-0.15, -0.1) is 0 Å². The Hall–Kier alpha value is -3.88. The lowest BCUT2D eigenvalue weighted by Crippen LogP contribution is -2.47. The minimum absolute atomic E-state index is 0.00698. The maximum absolute atomic E-state index is 13.0. The molecule has 0 spiro atoms. The Morgan fingerprint density at radius 2 is 1.97 bits per heavy atom. The number of benzene rings is 2. The summed E-state index contributed by atoms with van der Waals surface area (Å²) in [5, 5.41) is 10.4. The predicted molar refractivity (Wildman–Crippen MR) is 127 cm³/mol. The minimum atomic E-state index is -0.157. The Morgan fingerprint density at radius 3 is 2.82 bits per heavy atom. The van der Waals surface area contributed by atoms with E-state index in [1.807, 2.05) is 64.4 Å². The molecule has 2 aliphatic rings. The molecular weight excluding hydrogens is 432 g/mol. The van der Waals surface area contributed by atoms with Crippen LogP contribution in [0.4, 0.5) is 5.69 Å². The highest BCUT2D eigenvalue weighted by molar-refractivity contribution is 5.83. The minimum Gasteiger partial charge on any atom is -0.484 e. The predicted octanol–water partition coefficient (Wildman–Crippen LogP) is 2.54. The first kappa shape index (κ1) is 21.9. The lowest BCUT2D eigenvalue weighted by atomic mass is 10.0. The van der Waals surface area contributed by atoms with Gasteiger partial charge in [0, 0.05) is 30.9 Å². The number of likely N-dealkylation sites (tertiary alicyclic amines) is 1. The second kappa shape index (κ2) is 9.94. The smallest absolute Gasteiger partial charge is 0.261 e. The highest BCUT2D eigenvalue weighted by atomic mass is 16.5. The topological polar surface area (TPSA) is 103 Å². The van der Waals surface area contributed by atoms with E-state index in [9.17, 15) is 9.59 Å². The Bertz CT molecular complexity index is 1150. The molecule has 5 rings (SSSR count). The number of ether oxygens (including phenoxy) is 1. The van der Waals surface area contributed by atoms with Gasteiger partial charge in [-0.3, -0.25) is 14.7 Å². The second-order valence-electron chi connectivity index (χ2n) is 8.57. The van der Waals surface area contributed by atoms with E-state index in [2.05, 4.69) is 15.5 Å². The SMILES string of the molecule is O=C1CN(c2cccc(-c3n[nH]c([C@H]4CCCCN4C(=O)COc4ccccc4)n3)c2)CCN1. The number of piperidine rings is 1. The van der Waals surface area contributed by atoms with E-state index < -0.39 is 0 Å². The molecule has 2 saturated heterocycles. The number of carbonyl (C=O) groups is 2. The molecule has 1 aromatic heterocycles. The number of hydrogen-bond donors (Lipinski definition) is 2. The molecule has 0 unspecified atom stereocenters. The molecule has 3 heterocycles. The fraction of sp³-hybridized carbons (Fsp3) is 0.360. The molecule has 0 radical (unpaired) electrons. The van der Waals surface area contributed by atoms with Crippen molar-refractivity contribution in [2.75, 3.05) is 37.7 Å². The summed E-state index contributed by atoms with van der Waals surface area (Å²) in [6.45, 7) is 2.40. The molecule has 9 nitrogen and oxygen atoms in total. The molecule has 2 aromatic carbocycles. The Labute approximate surface area is 198 Å². The number of nitrogens with zero attached hydrogens (tertiary/aromatic N) is 4. The number of para-hydroxylation sites is 1. The summed E-state index contributed by atoms with van der Waals surface area (Å²) in [4.78, 5) is 33.4. The van der Waals surface area contributed by atoms with Crippen LogP contribution in [0.25, 0.3) is 11.4 Å². The van der Waals surface area contributed by atoms with Gasteiger partial charge in [-0.1, -0.05) is 30.3 Å². The first-order chi connectivity index (χ1) is 16.7. The van der Waals surface area contributed by atoms with Crippen LogP contribution in [0.3, 0.4) is 0 Å². The largest absolute Gasteiger partial charge is 0.484 e. The zero-order valence-electron chi connectivity index (χ0n) is 18.9. The van der Waals surface area contributed by atoms with Gasteiger partial charge >= 0.3 is 0 Å². The van der Waals surface area contributed by atoms with Crippen LogP contribution in [0.2, 0.25) is 0 Å². The van der Waals surface area contributed by atoms with E-state index >= 15 is 0 Å². The Kier molecular flexibility index (Phi) is 6.42. The number of H-pyrrole nitrogens is 1. The number of carbonyl (C=O) groups excluding carboxylic acids is 2. The lowest BCUT2D eigenvalue weighted by molar-refractivity contribution is -0.137. The molecule has 0 aliphatic carbocycles. The van der Waals surface area contributed by atoms with Crippen molar-refractivity contribution in [1.82, 2.24) is 25.4 Å². The summed E-state index contributed by atoms with van der Waals surface area (Å²) < 4.78 is 5.69. The van der Waals surface area contributed by atoms with Crippen LogP contribution >= 0.6 is 0 Å². The molecule has 2 fully saturated rings. The average Bonchev–Trinajstić information content (AvgIpc) is 3.38. The Balaban J connectivity index is 1.30. The molecular formula is C25H28N6O3. The van der Waals surface area contributed by atoms with Gasteiger partial charge in [-0.25, -0.2) is 4.98 Å². The van der Waals surface area contributed by atoms with E-state index in [-0.39, 0.29) is 24.5 Å². The van der Waals surface area contributed by atoms with Crippen LogP contribution in [-0.4, -0.2) is 64.7 Å². The highest BCUT2D eigenvalue weighted by Crippen LogP contribution is 2.31. The Morgan fingerprint density at radius 1 is 1.09 bits per heavy atom. The van der Waals surface area contributed by atoms with Gasteiger partial charge in [0.2, 0.25) is 5.91 Å². The van der Waals surface area contributed by atoms with Crippen molar-refractivity contribution in [2.45, 2.75) is 25.3 Å². The number of anilines is 1. The van der Waals surface area contributed by atoms with E-state index in [0.717, 1.165) is 37.1 Å². The maximum atomic E-state index is 13.0. The number of rotatable bonds is 6. The zero-order chi connectivity index (χ0) is 23.3. The van der Waals surface area contributed by atoms with Crippen LogP contribution in [0.15, 0.2) is 54.6 Å². The molecule has 0 bridgehead atoms. The van der Waals surface area contributed by atoms with Crippen LogP contribution in [0.1, 0.15) is 31.1 Å². The van der Waals surface area contributed by atoms with Gasteiger partial charge in [0.15, 0.2) is 12.4 Å². The quantitative estimate of drug-likeness (QED) is 0.586. The first-order valence-corrected chi connectivity index (χ1v) is 11.7. The summed E-state index contributed by atoms with van der Waals surface area (Å²) in [6.07, 6.45) is 2.81. The molecule has 3 aromatic rings. The van der Waals surface area contributed by atoms with Crippen molar-refractivity contribution in [3.05, 3.63) is 60.4 Å². The zero-order valence-corrected chi connectivity index (χ0v) is 18.9. The van der Waals surface area contributed by atoms with Crippen LogP contribution in [-0.2, 0) is 9.59 Å². The summed E-state index contributed by atoms with van der Waals surface area (Å²) in [5.41, 5.74) is 1.83. The van der Waals surface area contributed by atoms with Gasteiger partial charge in [-0.2, -0.15) is 5.10 Å². The fourth-order valence-electron chi connectivity index (χ4n) is 4.51. The van der Waals surface area contributed by atoms with Crippen molar-refractivity contribution in [2.24, 2.45) is 0 Å². The van der Waals surface area contributed by atoms with Crippen molar-refractivity contribution in [3.8, 4) is 17.1 Å². The third kappa shape index (κ3) is 4.88. The highest BCUT2D eigenvalue weighted by Gasteiger charge is 2.31. The van der Waals surface area contributed by atoms with Crippen molar-refractivity contribution < 1.29 is 14.3 Å². The molecule has 2 aliphatic heterocycles. The van der Waals surface area contributed by atoms with Gasteiger partial charge in [0.1, 0.15) is 11.6 Å². The molecule has 0 saturated carbocycles. The molecule has 34 heavy (non-hydrogen) atoms. The summed E-state index contributed by atoms with van der Waals surface area (Å²) in [7, 11) is 0. The van der Waals surface area contributed by atoms with Gasteiger partial charge in [0.25, 0.3) is 5.91 Å². The number of hydrogen-bond acceptors (Lipinski definition) is 6. The lowest BCUT2D eigenvalue weighted by Gasteiger charge is -2.34. The van der Waals surface area contributed by atoms with Gasteiger partial charge in [-0.05, 0) is 43.5 Å². The monoisotopic (exact) mass is 460 g/mol. The number of amides is 2. The third-order valence-corrected chi connectivity index (χ3v) is 6.25. The summed E-state index contributed by atoms with van der Waals surface area (Å²) >= 11 is 0. The number of aromatic amines is 1. The van der Waals surface area contributed by atoms with Gasteiger partial charge < -0.3 is 19.9 Å². The molecule has 2 amide bonds. The average molecular weight is 461 g/mol. The number of piperazine rings is 1. The van der Waals surface area contributed by atoms with Crippen LogP contribution < -0.4 is 15.0 Å². The standard InChI is InChI=1S/C25H28N6O3/c32-22-16-30(14-12-26-22)19-8-6-7-18(15-19)24-27-25(29-28-24)21-11-4-5-13-31(21)23(33)17-34-20-9-2-1-3-10-20/h1-3,6-10,15,21H,4-5,11-14,16-17H2,(H,26,32)(H,27,28,29)/t21-/m1/s1. The molecule has 9 heteroatoms. The van der Waals surface area contributed by atoms with E-state index in [0.29, 0.717) is 37.0 Å². The van der Waals surface area contributed by atoms with E-state index in [1.165, 1.54) is 0 Å². The summed E-state index contributed by atoms with van der Waals surface area (Å²) in [6, 6.07) is 17.1. The van der Waals surface area contributed by atoms with Crippen LogP contribution in [0.5, 0.6) is 5.75 Å². The molecule has 1 atom stereocenters. The molecule has 2 N–H and O–H groups in total. The van der Waals surface area contributed by atoms with Gasteiger partial charge in [0.05, 0.1) is 12.6 Å². The van der Waals surface area contributed by atoms with E-state index in [4.69, 9.17) is 9.72 Å². The van der Waals surface area contributed by atoms with Crippen molar-refractivity contribution >= 4 is 17.5 Å². The van der Waals surface area contributed by atoms with E-state index in [1.54, 1.807) is 0 Å². The van der Waals surface area contributed by atoms with Crippen molar-refractivity contribution in [3.63, 3.8) is 0 Å². The first-order valence-electron chi connectivity index (χ1n) is 11.7. The van der Waals surface area contributed by atoms with Crippen molar-refractivity contribution in [1.29, 1.82) is 0 Å². The fourth-order valence-corrected chi connectivity index (χ4v) is 4.51. The normalized spacial score (nSPS) is 18.5. The second-order valence-corrected chi connectivity index (χ2v) is 8.57. The molecule has 176 valence electrons. The summed E-state index contributed by atoms with van der Waals surface area (Å²) in [5.74, 6) is 1.91. The number of aromatic nitrogens is 3. The number of nitrogens with one attached hydrogen (secondary N) is 2. The third-order valence-electron chi connectivity index (χ3n) is 6.25.